The van der Waals surface area contributed by atoms with Crippen LogP contribution in [-0.4, -0.2) is 26.8 Å². The van der Waals surface area contributed by atoms with Crippen LogP contribution in [0.4, 0.5) is 0 Å². The van der Waals surface area contributed by atoms with Gasteiger partial charge in [-0.2, -0.15) is 0 Å². The summed E-state index contributed by atoms with van der Waals surface area (Å²) in [5.74, 6) is 1.42. The fourth-order valence-corrected chi connectivity index (χ4v) is 2.38. The molecule has 2 rings (SSSR count). The van der Waals surface area contributed by atoms with E-state index in [1.54, 1.807) is 26.4 Å². The highest BCUT2D eigenvalue weighted by Gasteiger charge is 2.11. The first-order chi connectivity index (χ1) is 10.7. The van der Waals surface area contributed by atoms with Crippen molar-refractivity contribution in [2.75, 3.05) is 20.8 Å². The second kappa shape index (κ2) is 8.27. The lowest BCUT2D eigenvalue weighted by atomic mass is 9.95. The van der Waals surface area contributed by atoms with Crippen LogP contribution in [0.2, 0.25) is 0 Å². The lowest BCUT2D eigenvalue weighted by molar-refractivity contribution is -0.139. The van der Waals surface area contributed by atoms with E-state index in [0.717, 1.165) is 24.8 Å². The van der Waals surface area contributed by atoms with E-state index in [2.05, 4.69) is 12.2 Å². The molecule has 0 heterocycles. The molecule has 1 unspecified atom stereocenters. The fraction of sp³-hybridized carbons (Fsp3) is 0.389. The van der Waals surface area contributed by atoms with Crippen molar-refractivity contribution in [3.05, 3.63) is 42.0 Å². The van der Waals surface area contributed by atoms with Crippen molar-refractivity contribution in [2.45, 2.75) is 19.3 Å². The predicted molar refractivity (Wildman–Crippen MR) is 86.0 cm³/mol. The molecule has 4 heteroatoms. The lowest BCUT2D eigenvalue weighted by Gasteiger charge is -2.16. The third kappa shape index (κ3) is 4.65. The number of carbonyl (C=O) groups excluding carboxylic acids is 1. The Morgan fingerprint density at radius 1 is 1.23 bits per heavy atom. The summed E-state index contributed by atoms with van der Waals surface area (Å²) in [6.07, 6.45) is 10.6. The highest BCUT2D eigenvalue weighted by molar-refractivity contribution is 5.87. The van der Waals surface area contributed by atoms with Crippen LogP contribution < -0.4 is 9.47 Å². The van der Waals surface area contributed by atoms with Crippen molar-refractivity contribution in [3.8, 4) is 11.5 Å². The first-order valence-electron chi connectivity index (χ1n) is 7.44. The highest BCUT2D eigenvalue weighted by atomic mass is 16.5. The van der Waals surface area contributed by atoms with Crippen molar-refractivity contribution >= 4 is 12.0 Å². The van der Waals surface area contributed by atoms with Crippen LogP contribution in [0.3, 0.4) is 0 Å². The molecule has 0 fully saturated rings. The van der Waals surface area contributed by atoms with E-state index >= 15 is 0 Å². The van der Waals surface area contributed by atoms with Crippen LogP contribution in [0, 0.1) is 5.92 Å². The van der Waals surface area contributed by atoms with Gasteiger partial charge in [-0.05, 0) is 49.0 Å². The molecule has 0 aliphatic heterocycles. The number of methoxy groups -OCH3 is 2. The van der Waals surface area contributed by atoms with Crippen LogP contribution in [0.25, 0.3) is 6.08 Å². The van der Waals surface area contributed by atoms with Gasteiger partial charge in [-0.3, -0.25) is 0 Å². The zero-order valence-corrected chi connectivity index (χ0v) is 13.1. The molecule has 0 N–H and O–H groups in total. The molecule has 0 radical (unpaired) electrons. The molecular formula is C18H22O4. The van der Waals surface area contributed by atoms with Gasteiger partial charge in [0, 0.05) is 6.08 Å². The monoisotopic (exact) mass is 302 g/mol. The standard InChI is InChI=1S/C18H22O4/c1-20-16-10-8-14(12-17(16)21-2)9-11-18(19)22-13-15-6-4-3-5-7-15/h3-4,8-12,15H,5-7,13H2,1-2H3/b11-9+. The van der Waals surface area contributed by atoms with Gasteiger partial charge in [-0.25, -0.2) is 4.79 Å². The summed E-state index contributed by atoms with van der Waals surface area (Å²) >= 11 is 0. The second-order valence-electron chi connectivity index (χ2n) is 5.23. The highest BCUT2D eigenvalue weighted by Crippen LogP contribution is 2.28. The number of carbonyl (C=O) groups is 1. The number of hydrogen-bond acceptors (Lipinski definition) is 4. The van der Waals surface area contributed by atoms with Crippen molar-refractivity contribution in [1.82, 2.24) is 0 Å². The van der Waals surface area contributed by atoms with E-state index in [4.69, 9.17) is 14.2 Å². The largest absolute Gasteiger partial charge is 0.493 e. The summed E-state index contributed by atoms with van der Waals surface area (Å²) in [4.78, 5) is 11.8. The Hall–Kier alpha value is -2.23. The summed E-state index contributed by atoms with van der Waals surface area (Å²) in [5, 5.41) is 0. The predicted octanol–water partition coefficient (Wildman–Crippen LogP) is 3.62. The Balaban J connectivity index is 1.87. The Kier molecular flexibility index (Phi) is 6.07. The Morgan fingerprint density at radius 3 is 2.73 bits per heavy atom. The molecule has 4 nitrogen and oxygen atoms in total. The van der Waals surface area contributed by atoms with Gasteiger partial charge < -0.3 is 14.2 Å². The number of rotatable bonds is 6. The molecule has 0 amide bonds. The molecule has 1 aliphatic rings. The molecule has 1 aromatic rings. The third-order valence-electron chi connectivity index (χ3n) is 3.66. The van der Waals surface area contributed by atoms with E-state index in [-0.39, 0.29) is 5.97 Å². The van der Waals surface area contributed by atoms with Gasteiger partial charge in [0.25, 0.3) is 0 Å². The zero-order valence-electron chi connectivity index (χ0n) is 13.1. The van der Waals surface area contributed by atoms with Crippen LogP contribution >= 0.6 is 0 Å². The molecule has 0 aromatic heterocycles. The minimum absolute atomic E-state index is 0.315. The second-order valence-corrected chi connectivity index (χ2v) is 5.23. The minimum Gasteiger partial charge on any atom is -0.493 e. The molecule has 0 bridgehead atoms. The van der Waals surface area contributed by atoms with Crippen molar-refractivity contribution in [1.29, 1.82) is 0 Å². The van der Waals surface area contributed by atoms with Gasteiger partial charge in [0.15, 0.2) is 11.5 Å². The quantitative estimate of drug-likeness (QED) is 0.457. The van der Waals surface area contributed by atoms with E-state index < -0.39 is 0 Å². The molecule has 1 atom stereocenters. The summed E-state index contributed by atoms with van der Waals surface area (Å²) < 4.78 is 15.7. The molecule has 0 saturated carbocycles. The van der Waals surface area contributed by atoms with E-state index in [1.807, 2.05) is 12.1 Å². The van der Waals surface area contributed by atoms with Crippen LogP contribution in [0.15, 0.2) is 36.4 Å². The van der Waals surface area contributed by atoms with E-state index in [9.17, 15) is 4.79 Å². The SMILES string of the molecule is COc1ccc(/C=C/C(=O)OCC2CC=CCC2)cc1OC. The van der Waals surface area contributed by atoms with Gasteiger partial charge in [0.1, 0.15) is 0 Å². The molecule has 22 heavy (non-hydrogen) atoms. The van der Waals surface area contributed by atoms with Gasteiger partial charge in [-0.15, -0.1) is 0 Å². The van der Waals surface area contributed by atoms with Crippen molar-refractivity contribution in [2.24, 2.45) is 5.92 Å². The minimum atomic E-state index is -0.315. The number of hydrogen-bond donors (Lipinski definition) is 0. The Morgan fingerprint density at radius 2 is 2.05 bits per heavy atom. The topological polar surface area (TPSA) is 44.8 Å². The maximum atomic E-state index is 11.8. The Bertz CT molecular complexity index is 560. The third-order valence-corrected chi connectivity index (χ3v) is 3.66. The molecule has 0 saturated heterocycles. The zero-order chi connectivity index (χ0) is 15.8. The number of ether oxygens (including phenoxy) is 3. The lowest BCUT2D eigenvalue weighted by Crippen LogP contribution is -2.13. The summed E-state index contributed by atoms with van der Waals surface area (Å²) in [7, 11) is 3.17. The van der Waals surface area contributed by atoms with Crippen LogP contribution in [0.1, 0.15) is 24.8 Å². The number of allylic oxidation sites excluding steroid dienone is 2. The van der Waals surface area contributed by atoms with Crippen LogP contribution in [-0.2, 0) is 9.53 Å². The van der Waals surface area contributed by atoms with Crippen molar-refractivity contribution in [3.63, 3.8) is 0 Å². The fourth-order valence-electron chi connectivity index (χ4n) is 2.38. The molecular weight excluding hydrogens is 280 g/mol. The van der Waals surface area contributed by atoms with Gasteiger partial charge in [0.05, 0.1) is 20.8 Å². The molecule has 1 aromatic carbocycles. The molecule has 1 aliphatic carbocycles. The normalized spacial score (nSPS) is 17.5. The number of benzene rings is 1. The van der Waals surface area contributed by atoms with Gasteiger partial charge in [0.2, 0.25) is 0 Å². The Labute approximate surface area is 131 Å². The van der Waals surface area contributed by atoms with Crippen LogP contribution in [0.5, 0.6) is 11.5 Å². The van der Waals surface area contributed by atoms with Gasteiger partial charge >= 0.3 is 5.97 Å². The maximum absolute atomic E-state index is 11.8. The summed E-state index contributed by atoms with van der Waals surface area (Å²) in [6.45, 7) is 0.486. The smallest absolute Gasteiger partial charge is 0.330 e. The maximum Gasteiger partial charge on any atom is 0.330 e. The average Bonchev–Trinajstić information content (AvgIpc) is 2.58. The van der Waals surface area contributed by atoms with E-state index in [0.29, 0.717) is 24.0 Å². The van der Waals surface area contributed by atoms with E-state index in [1.165, 1.54) is 6.08 Å². The molecule has 0 spiro atoms. The first-order valence-corrected chi connectivity index (χ1v) is 7.44. The van der Waals surface area contributed by atoms with Crippen molar-refractivity contribution < 1.29 is 19.0 Å². The summed E-state index contributed by atoms with van der Waals surface area (Å²) in [6, 6.07) is 5.48. The summed E-state index contributed by atoms with van der Waals surface area (Å²) in [5.41, 5.74) is 0.857. The average molecular weight is 302 g/mol. The first kappa shape index (κ1) is 16.1. The number of esters is 1. The van der Waals surface area contributed by atoms with Gasteiger partial charge in [-0.1, -0.05) is 18.2 Å². The molecule has 118 valence electrons.